The third-order valence-corrected chi connectivity index (χ3v) is 4.36. The first-order chi connectivity index (χ1) is 6.75. The van der Waals surface area contributed by atoms with Crippen molar-refractivity contribution in [3.8, 4) is 0 Å². The van der Waals surface area contributed by atoms with E-state index in [2.05, 4.69) is 5.38 Å². The van der Waals surface area contributed by atoms with Crippen LogP contribution in [0.25, 0.3) is 0 Å². The van der Waals surface area contributed by atoms with Crippen LogP contribution < -0.4 is 5.73 Å². The highest BCUT2D eigenvalue weighted by Crippen LogP contribution is 2.39. The van der Waals surface area contributed by atoms with Crippen LogP contribution in [0, 0.1) is 0 Å². The van der Waals surface area contributed by atoms with Gasteiger partial charge in [0.15, 0.2) is 0 Å². The Morgan fingerprint density at radius 1 is 1.50 bits per heavy atom. The van der Waals surface area contributed by atoms with Crippen molar-refractivity contribution in [1.82, 2.24) is 4.98 Å². The highest BCUT2D eigenvalue weighted by atomic mass is 32.1. The van der Waals surface area contributed by atoms with Gasteiger partial charge >= 0.3 is 0 Å². The van der Waals surface area contributed by atoms with Gasteiger partial charge in [-0.2, -0.15) is 0 Å². The van der Waals surface area contributed by atoms with Crippen molar-refractivity contribution in [2.45, 2.75) is 50.0 Å². The van der Waals surface area contributed by atoms with E-state index in [0.717, 1.165) is 12.3 Å². The number of nitrogens with two attached hydrogens (primary N) is 1. The Balaban J connectivity index is 1.70. The monoisotopic (exact) mass is 208 g/mol. The number of thiazole rings is 1. The summed E-state index contributed by atoms with van der Waals surface area (Å²) < 4.78 is 0. The summed E-state index contributed by atoms with van der Waals surface area (Å²) in [6.45, 7) is 0. The van der Waals surface area contributed by atoms with E-state index in [4.69, 9.17) is 10.7 Å². The van der Waals surface area contributed by atoms with Crippen LogP contribution in [0.15, 0.2) is 5.38 Å². The minimum absolute atomic E-state index is 0.120. The van der Waals surface area contributed by atoms with Gasteiger partial charge in [-0.25, -0.2) is 4.98 Å². The summed E-state index contributed by atoms with van der Waals surface area (Å²) in [7, 11) is 0. The van der Waals surface area contributed by atoms with Crippen molar-refractivity contribution in [2.24, 2.45) is 5.73 Å². The average molecular weight is 208 g/mol. The fourth-order valence-corrected chi connectivity index (χ4v) is 2.97. The molecule has 2 fully saturated rings. The maximum Gasteiger partial charge on any atom is 0.0946 e. The molecule has 1 heterocycles. The largest absolute Gasteiger partial charge is 0.325 e. The molecular weight excluding hydrogens is 192 g/mol. The zero-order chi connectivity index (χ0) is 9.60. The Labute approximate surface area is 88.5 Å². The highest BCUT2D eigenvalue weighted by molar-refractivity contribution is 7.09. The van der Waals surface area contributed by atoms with Crippen LogP contribution in [0.4, 0.5) is 0 Å². The van der Waals surface area contributed by atoms with Gasteiger partial charge in [0.2, 0.25) is 0 Å². The van der Waals surface area contributed by atoms with Crippen molar-refractivity contribution in [2.75, 3.05) is 0 Å². The summed E-state index contributed by atoms with van der Waals surface area (Å²) in [5, 5.41) is 3.50. The molecule has 2 aliphatic carbocycles. The first kappa shape index (κ1) is 8.86. The summed E-state index contributed by atoms with van der Waals surface area (Å²) in [5.74, 6) is 0.771. The molecule has 14 heavy (non-hydrogen) atoms. The highest BCUT2D eigenvalue weighted by Gasteiger charge is 2.39. The second-order valence-electron chi connectivity index (χ2n) is 4.83. The van der Waals surface area contributed by atoms with Crippen LogP contribution in [-0.4, -0.2) is 10.5 Å². The number of hydrogen-bond donors (Lipinski definition) is 1. The summed E-state index contributed by atoms with van der Waals surface area (Å²) in [6.07, 6.45) is 7.45. The Bertz CT molecular complexity index is 337. The quantitative estimate of drug-likeness (QED) is 0.828. The summed E-state index contributed by atoms with van der Waals surface area (Å²) in [4.78, 5) is 4.70. The molecule has 76 valence electrons. The van der Waals surface area contributed by atoms with Crippen molar-refractivity contribution < 1.29 is 0 Å². The van der Waals surface area contributed by atoms with Crippen LogP contribution in [0.2, 0.25) is 0 Å². The molecule has 0 saturated heterocycles. The average Bonchev–Trinajstić information content (AvgIpc) is 2.57. The lowest BCUT2D eigenvalue weighted by atomic mass is 9.83. The first-order valence-electron chi connectivity index (χ1n) is 5.48. The van der Waals surface area contributed by atoms with Crippen LogP contribution in [0.5, 0.6) is 0 Å². The Morgan fingerprint density at radius 2 is 2.29 bits per heavy atom. The van der Waals surface area contributed by atoms with Crippen LogP contribution in [0.3, 0.4) is 0 Å². The molecule has 2 saturated carbocycles. The fraction of sp³-hybridized carbons (Fsp3) is 0.727. The molecule has 0 spiro atoms. The van der Waals surface area contributed by atoms with E-state index in [1.165, 1.54) is 42.8 Å². The van der Waals surface area contributed by atoms with Gasteiger partial charge in [-0.15, -0.1) is 11.3 Å². The topological polar surface area (TPSA) is 38.9 Å². The maximum atomic E-state index is 6.08. The van der Waals surface area contributed by atoms with Gasteiger partial charge in [0.05, 0.1) is 10.7 Å². The number of rotatable bonds is 3. The lowest BCUT2D eigenvalue weighted by Crippen LogP contribution is -2.24. The second-order valence-corrected chi connectivity index (χ2v) is 5.78. The Morgan fingerprint density at radius 3 is 2.86 bits per heavy atom. The van der Waals surface area contributed by atoms with Crippen molar-refractivity contribution in [3.63, 3.8) is 0 Å². The fourth-order valence-electron chi connectivity index (χ4n) is 1.94. The zero-order valence-electron chi connectivity index (χ0n) is 8.33. The van der Waals surface area contributed by atoms with E-state index >= 15 is 0 Å². The van der Waals surface area contributed by atoms with Gasteiger partial charge in [0, 0.05) is 23.3 Å². The van der Waals surface area contributed by atoms with E-state index in [9.17, 15) is 0 Å². The van der Waals surface area contributed by atoms with E-state index in [1.54, 1.807) is 11.3 Å². The van der Waals surface area contributed by atoms with Gasteiger partial charge in [-0.05, 0) is 25.7 Å². The molecule has 2 aliphatic rings. The molecule has 0 aromatic carbocycles. The molecule has 0 unspecified atom stereocenters. The molecule has 1 aromatic rings. The van der Waals surface area contributed by atoms with E-state index in [-0.39, 0.29) is 5.54 Å². The summed E-state index contributed by atoms with van der Waals surface area (Å²) >= 11 is 1.80. The first-order valence-corrected chi connectivity index (χ1v) is 6.36. The van der Waals surface area contributed by atoms with Crippen molar-refractivity contribution >= 4 is 11.3 Å². The van der Waals surface area contributed by atoms with Gasteiger partial charge < -0.3 is 5.73 Å². The molecule has 1 aromatic heterocycles. The van der Waals surface area contributed by atoms with E-state index in [0.29, 0.717) is 0 Å². The number of aromatic nitrogens is 1. The smallest absolute Gasteiger partial charge is 0.0946 e. The van der Waals surface area contributed by atoms with E-state index in [1.807, 2.05) is 0 Å². The van der Waals surface area contributed by atoms with Crippen LogP contribution >= 0.6 is 11.3 Å². The molecule has 3 rings (SSSR count). The summed E-state index contributed by atoms with van der Waals surface area (Å²) in [5.41, 5.74) is 7.53. The molecule has 0 atom stereocenters. The van der Waals surface area contributed by atoms with Crippen LogP contribution in [-0.2, 0) is 6.42 Å². The molecule has 0 aliphatic heterocycles. The third kappa shape index (κ3) is 1.59. The molecule has 2 nitrogen and oxygen atoms in total. The van der Waals surface area contributed by atoms with Gasteiger partial charge in [-0.3, -0.25) is 0 Å². The number of hydrogen-bond acceptors (Lipinski definition) is 3. The lowest BCUT2D eigenvalue weighted by Gasteiger charge is -2.23. The maximum absolute atomic E-state index is 6.08. The summed E-state index contributed by atoms with van der Waals surface area (Å²) in [6, 6.07) is 0. The molecule has 3 heteroatoms. The zero-order valence-corrected chi connectivity index (χ0v) is 9.15. The molecule has 2 N–H and O–H groups in total. The number of nitrogens with zero attached hydrogens (tertiary/aromatic N) is 1. The Kier molecular flexibility index (Phi) is 1.92. The predicted octanol–water partition coefficient (Wildman–Crippen LogP) is 2.44. The van der Waals surface area contributed by atoms with E-state index < -0.39 is 0 Å². The molecule has 0 radical (unpaired) electrons. The van der Waals surface area contributed by atoms with Crippen molar-refractivity contribution in [1.29, 1.82) is 0 Å². The molecule has 0 amide bonds. The molecule has 0 bridgehead atoms. The second kappa shape index (κ2) is 3.04. The van der Waals surface area contributed by atoms with Crippen LogP contribution in [0.1, 0.15) is 48.7 Å². The Hall–Kier alpha value is -0.410. The minimum Gasteiger partial charge on any atom is -0.325 e. The molecular formula is C11H16N2S. The third-order valence-electron chi connectivity index (χ3n) is 3.49. The predicted molar refractivity (Wildman–Crippen MR) is 58.6 cm³/mol. The minimum atomic E-state index is 0.120. The lowest BCUT2D eigenvalue weighted by molar-refractivity contribution is 0.412. The SMILES string of the molecule is NC1(Cc2nc(C3CCC3)cs2)CC1. The standard InChI is InChI=1S/C11H16N2S/c12-11(4-5-11)6-10-13-9(7-14-10)8-2-1-3-8/h7-8H,1-6,12H2. The normalized spacial score (nSPS) is 24.6. The van der Waals surface area contributed by atoms with Gasteiger partial charge in [-0.1, -0.05) is 6.42 Å². The van der Waals surface area contributed by atoms with Crippen molar-refractivity contribution in [3.05, 3.63) is 16.1 Å². The van der Waals surface area contributed by atoms with Gasteiger partial charge in [0.1, 0.15) is 0 Å². The van der Waals surface area contributed by atoms with Gasteiger partial charge in [0.25, 0.3) is 0 Å².